The first-order valence-corrected chi connectivity index (χ1v) is 7.51. The number of ether oxygens (including phenoxy) is 1. The summed E-state index contributed by atoms with van der Waals surface area (Å²) < 4.78 is 5.58. The first kappa shape index (κ1) is 14.8. The largest absolute Gasteiger partial charge is 0.374 e. The standard InChI is InChI=1S/C14H27N3O2/c1-11(2)17-6-3-12(4-7-17)14(18)16-10-13-9-15-5-8-19-13/h11-13,15H,3-10H2,1-2H3,(H,16,18)/t13-/m0/s1. The van der Waals surface area contributed by atoms with Crippen LogP contribution < -0.4 is 10.6 Å². The summed E-state index contributed by atoms with van der Waals surface area (Å²) in [5.74, 6) is 0.393. The Bertz CT molecular complexity index is 282. The van der Waals surface area contributed by atoms with Gasteiger partial charge in [-0.25, -0.2) is 0 Å². The number of morpholine rings is 1. The molecule has 2 aliphatic rings. The highest BCUT2D eigenvalue weighted by Crippen LogP contribution is 2.18. The van der Waals surface area contributed by atoms with Gasteiger partial charge in [-0.1, -0.05) is 0 Å². The van der Waals surface area contributed by atoms with E-state index >= 15 is 0 Å². The molecule has 0 radical (unpaired) electrons. The highest BCUT2D eigenvalue weighted by atomic mass is 16.5. The van der Waals surface area contributed by atoms with Crippen molar-refractivity contribution in [1.29, 1.82) is 0 Å². The molecule has 2 heterocycles. The molecule has 0 bridgehead atoms. The van der Waals surface area contributed by atoms with Gasteiger partial charge in [0.05, 0.1) is 12.7 Å². The van der Waals surface area contributed by atoms with Crippen LogP contribution in [0.5, 0.6) is 0 Å². The molecule has 2 N–H and O–H groups in total. The Morgan fingerprint density at radius 3 is 2.74 bits per heavy atom. The number of carbonyl (C=O) groups is 1. The van der Waals surface area contributed by atoms with E-state index in [0.29, 0.717) is 12.6 Å². The zero-order chi connectivity index (χ0) is 13.7. The maximum Gasteiger partial charge on any atom is 0.223 e. The maximum atomic E-state index is 12.1. The topological polar surface area (TPSA) is 53.6 Å². The number of likely N-dealkylation sites (tertiary alicyclic amines) is 1. The van der Waals surface area contributed by atoms with Crippen LogP contribution in [0.1, 0.15) is 26.7 Å². The van der Waals surface area contributed by atoms with E-state index in [4.69, 9.17) is 4.74 Å². The third-order valence-electron chi connectivity index (χ3n) is 4.14. The summed E-state index contributed by atoms with van der Waals surface area (Å²) in [5, 5.41) is 6.32. The molecule has 19 heavy (non-hydrogen) atoms. The van der Waals surface area contributed by atoms with E-state index in [1.165, 1.54) is 0 Å². The SMILES string of the molecule is CC(C)N1CCC(C(=O)NC[C@@H]2CNCCO2)CC1. The highest BCUT2D eigenvalue weighted by molar-refractivity contribution is 5.78. The summed E-state index contributed by atoms with van der Waals surface area (Å²) >= 11 is 0. The van der Waals surface area contributed by atoms with E-state index in [0.717, 1.165) is 45.6 Å². The second-order valence-electron chi connectivity index (χ2n) is 5.85. The van der Waals surface area contributed by atoms with Crippen molar-refractivity contribution in [3.05, 3.63) is 0 Å². The van der Waals surface area contributed by atoms with Gasteiger partial charge in [-0.15, -0.1) is 0 Å². The third kappa shape index (κ3) is 4.44. The molecule has 0 unspecified atom stereocenters. The van der Waals surface area contributed by atoms with Crippen molar-refractivity contribution >= 4 is 5.91 Å². The molecule has 2 saturated heterocycles. The van der Waals surface area contributed by atoms with Crippen LogP contribution in [0.25, 0.3) is 0 Å². The molecule has 0 aliphatic carbocycles. The zero-order valence-electron chi connectivity index (χ0n) is 12.2. The van der Waals surface area contributed by atoms with Crippen LogP contribution in [0.2, 0.25) is 0 Å². The summed E-state index contributed by atoms with van der Waals surface area (Å²) in [6, 6.07) is 0.589. The zero-order valence-corrected chi connectivity index (χ0v) is 12.2. The Kier molecular flexibility index (Phi) is 5.60. The fourth-order valence-electron chi connectivity index (χ4n) is 2.79. The quantitative estimate of drug-likeness (QED) is 0.766. The minimum absolute atomic E-state index is 0.133. The van der Waals surface area contributed by atoms with Gasteiger partial charge >= 0.3 is 0 Å². The van der Waals surface area contributed by atoms with Gasteiger partial charge < -0.3 is 20.3 Å². The van der Waals surface area contributed by atoms with Crippen molar-refractivity contribution in [2.75, 3.05) is 39.3 Å². The van der Waals surface area contributed by atoms with E-state index in [2.05, 4.69) is 29.4 Å². The second kappa shape index (κ2) is 7.22. The summed E-state index contributed by atoms with van der Waals surface area (Å²) in [6.45, 7) is 9.64. The molecule has 1 atom stereocenters. The molecule has 1 amide bonds. The summed E-state index contributed by atoms with van der Waals surface area (Å²) in [4.78, 5) is 14.6. The van der Waals surface area contributed by atoms with E-state index in [-0.39, 0.29) is 17.9 Å². The number of hydrogen-bond acceptors (Lipinski definition) is 4. The third-order valence-corrected chi connectivity index (χ3v) is 4.14. The highest BCUT2D eigenvalue weighted by Gasteiger charge is 2.26. The molecule has 110 valence electrons. The van der Waals surface area contributed by atoms with Crippen molar-refractivity contribution in [3.63, 3.8) is 0 Å². The summed E-state index contributed by atoms with van der Waals surface area (Å²) in [6.07, 6.45) is 2.09. The molecular formula is C14H27N3O2. The molecule has 0 aromatic rings. The van der Waals surface area contributed by atoms with Crippen molar-refractivity contribution in [3.8, 4) is 0 Å². The van der Waals surface area contributed by atoms with E-state index in [9.17, 15) is 4.79 Å². The average molecular weight is 269 g/mol. The average Bonchev–Trinajstić information content (AvgIpc) is 2.46. The van der Waals surface area contributed by atoms with Crippen LogP contribution in [0.3, 0.4) is 0 Å². The van der Waals surface area contributed by atoms with Crippen LogP contribution in [0, 0.1) is 5.92 Å². The minimum atomic E-state index is 0.133. The Morgan fingerprint density at radius 1 is 1.42 bits per heavy atom. The van der Waals surface area contributed by atoms with Gasteiger partial charge in [-0.2, -0.15) is 0 Å². The van der Waals surface area contributed by atoms with E-state index in [1.54, 1.807) is 0 Å². The van der Waals surface area contributed by atoms with Crippen molar-refractivity contribution in [1.82, 2.24) is 15.5 Å². The summed E-state index contributed by atoms with van der Waals surface area (Å²) in [7, 11) is 0. The lowest BCUT2D eigenvalue weighted by Gasteiger charge is -2.34. The first-order valence-electron chi connectivity index (χ1n) is 7.51. The van der Waals surface area contributed by atoms with Gasteiger partial charge in [-0.3, -0.25) is 4.79 Å². The van der Waals surface area contributed by atoms with Crippen LogP contribution >= 0.6 is 0 Å². The predicted molar refractivity (Wildman–Crippen MR) is 75.1 cm³/mol. The fraction of sp³-hybridized carbons (Fsp3) is 0.929. The van der Waals surface area contributed by atoms with Crippen molar-refractivity contribution in [2.45, 2.75) is 38.8 Å². The Morgan fingerprint density at radius 2 is 2.16 bits per heavy atom. The summed E-state index contributed by atoms with van der Waals surface area (Å²) in [5.41, 5.74) is 0. The number of carbonyl (C=O) groups excluding carboxylic acids is 1. The monoisotopic (exact) mass is 269 g/mol. The lowest BCUT2D eigenvalue weighted by Crippen LogP contribution is -2.48. The lowest BCUT2D eigenvalue weighted by molar-refractivity contribution is -0.127. The number of amides is 1. The molecule has 5 nitrogen and oxygen atoms in total. The lowest BCUT2D eigenvalue weighted by atomic mass is 9.95. The molecule has 5 heteroatoms. The van der Waals surface area contributed by atoms with Crippen LogP contribution in [-0.4, -0.2) is 62.3 Å². The Labute approximate surface area is 116 Å². The van der Waals surface area contributed by atoms with Crippen LogP contribution in [-0.2, 0) is 9.53 Å². The van der Waals surface area contributed by atoms with Crippen LogP contribution in [0.15, 0.2) is 0 Å². The molecule has 0 spiro atoms. The number of piperidine rings is 1. The molecule has 0 aromatic heterocycles. The molecule has 2 fully saturated rings. The number of hydrogen-bond donors (Lipinski definition) is 2. The van der Waals surface area contributed by atoms with Crippen LogP contribution in [0.4, 0.5) is 0 Å². The molecule has 2 rings (SSSR count). The smallest absolute Gasteiger partial charge is 0.223 e. The minimum Gasteiger partial charge on any atom is -0.374 e. The molecule has 0 saturated carbocycles. The van der Waals surface area contributed by atoms with Gasteiger partial charge in [0, 0.05) is 31.6 Å². The number of nitrogens with zero attached hydrogens (tertiary/aromatic N) is 1. The number of nitrogens with one attached hydrogen (secondary N) is 2. The van der Waals surface area contributed by atoms with Gasteiger partial charge in [0.2, 0.25) is 5.91 Å². The van der Waals surface area contributed by atoms with Crippen molar-refractivity contribution in [2.24, 2.45) is 5.92 Å². The van der Waals surface area contributed by atoms with Gasteiger partial charge in [0.1, 0.15) is 0 Å². The predicted octanol–water partition coefficient (Wildman–Crippen LogP) is 0.211. The second-order valence-corrected chi connectivity index (χ2v) is 5.85. The molecular weight excluding hydrogens is 242 g/mol. The fourth-order valence-corrected chi connectivity index (χ4v) is 2.79. The Hall–Kier alpha value is -0.650. The molecule has 2 aliphatic heterocycles. The van der Waals surface area contributed by atoms with Gasteiger partial charge in [0.15, 0.2) is 0 Å². The van der Waals surface area contributed by atoms with Gasteiger partial charge in [0.25, 0.3) is 0 Å². The Balaban J connectivity index is 1.66. The van der Waals surface area contributed by atoms with E-state index < -0.39 is 0 Å². The first-order chi connectivity index (χ1) is 9.16. The molecule has 0 aromatic carbocycles. The van der Waals surface area contributed by atoms with Crippen molar-refractivity contribution < 1.29 is 9.53 Å². The number of rotatable bonds is 4. The normalized spacial score (nSPS) is 26.6. The maximum absolute atomic E-state index is 12.1. The van der Waals surface area contributed by atoms with E-state index in [1.807, 2.05) is 0 Å². The van der Waals surface area contributed by atoms with Gasteiger partial charge in [-0.05, 0) is 39.8 Å².